The van der Waals surface area contributed by atoms with Gasteiger partial charge >= 0.3 is 6.18 Å². The van der Waals surface area contributed by atoms with E-state index in [1.165, 1.54) is 12.8 Å². The summed E-state index contributed by atoms with van der Waals surface area (Å²) >= 11 is 0. The lowest BCUT2D eigenvalue weighted by Crippen LogP contribution is -2.40. The van der Waals surface area contributed by atoms with Crippen molar-refractivity contribution >= 4 is 0 Å². The summed E-state index contributed by atoms with van der Waals surface area (Å²) in [6, 6.07) is 0.424. The Morgan fingerprint density at radius 3 is 2.45 bits per heavy atom. The molecular formula is C14H27F3N2O. The number of rotatable bonds is 8. The fourth-order valence-corrected chi connectivity index (χ4v) is 2.51. The number of piperidine rings is 1. The molecule has 0 bridgehead atoms. The monoisotopic (exact) mass is 296 g/mol. The molecule has 6 heteroatoms. The zero-order chi connectivity index (χ0) is 15.0. The van der Waals surface area contributed by atoms with Gasteiger partial charge in [-0.3, -0.25) is 0 Å². The molecule has 1 rings (SSSR count). The van der Waals surface area contributed by atoms with Crippen molar-refractivity contribution < 1.29 is 17.9 Å². The van der Waals surface area contributed by atoms with E-state index in [9.17, 15) is 13.2 Å². The molecule has 1 aliphatic rings. The summed E-state index contributed by atoms with van der Waals surface area (Å²) in [7, 11) is 0. The summed E-state index contributed by atoms with van der Waals surface area (Å²) in [5, 5.41) is 3.35. The third-order valence-electron chi connectivity index (χ3n) is 3.68. The van der Waals surface area contributed by atoms with E-state index in [-0.39, 0.29) is 6.61 Å². The number of halogens is 3. The summed E-state index contributed by atoms with van der Waals surface area (Å²) in [5.74, 6) is 0.703. The van der Waals surface area contributed by atoms with E-state index in [1.54, 1.807) is 0 Å². The fourth-order valence-electron chi connectivity index (χ4n) is 2.51. The van der Waals surface area contributed by atoms with Crippen LogP contribution < -0.4 is 5.32 Å². The van der Waals surface area contributed by atoms with Gasteiger partial charge < -0.3 is 15.0 Å². The van der Waals surface area contributed by atoms with Crippen LogP contribution in [0, 0.1) is 5.92 Å². The van der Waals surface area contributed by atoms with Crippen LogP contribution in [0.25, 0.3) is 0 Å². The maximum atomic E-state index is 11.9. The molecule has 0 radical (unpaired) electrons. The van der Waals surface area contributed by atoms with E-state index in [4.69, 9.17) is 0 Å². The van der Waals surface area contributed by atoms with Crippen LogP contribution >= 0.6 is 0 Å². The van der Waals surface area contributed by atoms with Crippen LogP contribution in [0.2, 0.25) is 0 Å². The Bertz CT molecular complexity index is 253. The Morgan fingerprint density at radius 1 is 1.25 bits per heavy atom. The molecule has 1 N–H and O–H groups in total. The van der Waals surface area contributed by atoms with Crippen LogP contribution in [-0.2, 0) is 4.74 Å². The molecule has 0 atom stereocenters. The van der Waals surface area contributed by atoms with Crippen LogP contribution in [0.15, 0.2) is 0 Å². The van der Waals surface area contributed by atoms with E-state index in [0.717, 1.165) is 26.2 Å². The van der Waals surface area contributed by atoms with Gasteiger partial charge in [0.1, 0.15) is 6.61 Å². The molecule has 0 aromatic rings. The van der Waals surface area contributed by atoms with Crippen LogP contribution in [0.1, 0.15) is 33.1 Å². The van der Waals surface area contributed by atoms with E-state index in [2.05, 4.69) is 28.8 Å². The van der Waals surface area contributed by atoms with Gasteiger partial charge in [0, 0.05) is 25.7 Å². The van der Waals surface area contributed by atoms with Gasteiger partial charge in [-0.05, 0) is 52.1 Å². The molecule has 0 saturated carbocycles. The molecular weight excluding hydrogens is 269 g/mol. The third-order valence-corrected chi connectivity index (χ3v) is 3.68. The minimum atomic E-state index is -4.22. The largest absolute Gasteiger partial charge is 0.411 e. The third kappa shape index (κ3) is 8.07. The SMILES string of the molecule is CC(C)N(CCCOCC(F)(F)F)CC1CCNCC1. The first-order chi connectivity index (χ1) is 9.38. The Labute approximate surface area is 119 Å². The second kappa shape index (κ2) is 8.85. The molecule has 1 heterocycles. The topological polar surface area (TPSA) is 24.5 Å². The van der Waals surface area contributed by atoms with Crippen molar-refractivity contribution in [2.75, 3.05) is 39.4 Å². The number of hydrogen-bond acceptors (Lipinski definition) is 3. The highest BCUT2D eigenvalue weighted by molar-refractivity contribution is 4.74. The summed E-state index contributed by atoms with van der Waals surface area (Å²) in [4.78, 5) is 2.35. The summed E-state index contributed by atoms with van der Waals surface area (Å²) < 4.78 is 40.5. The predicted molar refractivity (Wildman–Crippen MR) is 73.8 cm³/mol. The van der Waals surface area contributed by atoms with Crippen molar-refractivity contribution in [1.82, 2.24) is 10.2 Å². The van der Waals surface area contributed by atoms with Gasteiger partial charge in [-0.1, -0.05) is 0 Å². The van der Waals surface area contributed by atoms with Crippen molar-refractivity contribution in [3.63, 3.8) is 0 Å². The lowest BCUT2D eigenvalue weighted by Gasteiger charge is -2.32. The Hall–Kier alpha value is -0.330. The zero-order valence-corrected chi connectivity index (χ0v) is 12.5. The minimum Gasteiger partial charge on any atom is -0.372 e. The first kappa shape index (κ1) is 17.7. The van der Waals surface area contributed by atoms with Gasteiger partial charge in [-0.15, -0.1) is 0 Å². The Balaban J connectivity index is 2.18. The zero-order valence-electron chi connectivity index (χ0n) is 12.5. The number of ether oxygens (including phenoxy) is 1. The standard InChI is InChI=1S/C14H27F3N2O/c1-12(2)19(10-13-4-6-18-7-5-13)8-3-9-20-11-14(15,16)17/h12-13,18H,3-11H2,1-2H3. The van der Waals surface area contributed by atoms with Crippen LogP contribution in [0.3, 0.4) is 0 Å². The Kier molecular flexibility index (Phi) is 7.84. The van der Waals surface area contributed by atoms with E-state index < -0.39 is 12.8 Å². The summed E-state index contributed by atoms with van der Waals surface area (Å²) in [5.41, 5.74) is 0. The summed E-state index contributed by atoms with van der Waals surface area (Å²) in [6.45, 7) is 7.31. The normalized spacial score (nSPS) is 18.1. The highest BCUT2D eigenvalue weighted by atomic mass is 19.4. The maximum absolute atomic E-state index is 11.9. The number of hydrogen-bond donors (Lipinski definition) is 1. The van der Waals surface area contributed by atoms with Gasteiger partial charge in [-0.2, -0.15) is 13.2 Å². The smallest absolute Gasteiger partial charge is 0.372 e. The van der Waals surface area contributed by atoms with Crippen molar-refractivity contribution in [1.29, 1.82) is 0 Å². The molecule has 120 valence electrons. The molecule has 20 heavy (non-hydrogen) atoms. The predicted octanol–water partition coefficient (Wildman–Crippen LogP) is 2.67. The molecule has 0 aliphatic carbocycles. The molecule has 1 aliphatic heterocycles. The first-order valence-corrected chi connectivity index (χ1v) is 7.48. The van der Waals surface area contributed by atoms with Crippen LogP contribution in [-0.4, -0.2) is 56.5 Å². The van der Waals surface area contributed by atoms with Crippen molar-refractivity contribution in [2.24, 2.45) is 5.92 Å². The van der Waals surface area contributed by atoms with E-state index in [0.29, 0.717) is 18.4 Å². The van der Waals surface area contributed by atoms with Crippen molar-refractivity contribution in [2.45, 2.75) is 45.3 Å². The van der Waals surface area contributed by atoms with Crippen LogP contribution in [0.5, 0.6) is 0 Å². The minimum absolute atomic E-state index is 0.176. The molecule has 1 fully saturated rings. The van der Waals surface area contributed by atoms with Gasteiger partial charge in [0.05, 0.1) is 0 Å². The lowest BCUT2D eigenvalue weighted by molar-refractivity contribution is -0.174. The number of alkyl halides is 3. The lowest BCUT2D eigenvalue weighted by atomic mass is 9.97. The summed E-state index contributed by atoms with van der Waals surface area (Å²) in [6.07, 6.45) is -1.19. The van der Waals surface area contributed by atoms with Gasteiger partial charge in [-0.25, -0.2) is 0 Å². The fraction of sp³-hybridized carbons (Fsp3) is 1.00. The molecule has 0 unspecified atom stereocenters. The molecule has 0 amide bonds. The Morgan fingerprint density at radius 2 is 1.90 bits per heavy atom. The molecule has 3 nitrogen and oxygen atoms in total. The van der Waals surface area contributed by atoms with Gasteiger partial charge in [0.25, 0.3) is 0 Å². The number of nitrogens with zero attached hydrogens (tertiary/aromatic N) is 1. The van der Waals surface area contributed by atoms with Crippen LogP contribution in [0.4, 0.5) is 13.2 Å². The molecule has 0 spiro atoms. The average Bonchev–Trinajstić information content (AvgIpc) is 2.36. The molecule has 0 aromatic carbocycles. The van der Waals surface area contributed by atoms with E-state index in [1.807, 2.05) is 0 Å². The van der Waals surface area contributed by atoms with Gasteiger partial charge in [0.15, 0.2) is 0 Å². The quantitative estimate of drug-likeness (QED) is 0.697. The molecule has 1 saturated heterocycles. The van der Waals surface area contributed by atoms with Crippen molar-refractivity contribution in [3.05, 3.63) is 0 Å². The average molecular weight is 296 g/mol. The highest BCUT2D eigenvalue weighted by Gasteiger charge is 2.27. The number of nitrogens with one attached hydrogen (secondary N) is 1. The van der Waals surface area contributed by atoms with Gasteiger partial charge in [0.2, 0.25) is 0 Å². The second-order valence-corrected chi connectivity index (χ2v) is 5.80. The second-order valence-electron chi connectivity index (χ2n) is 5.80. The highest BCUT2D eigenvalue weighted by Crippen LogP contribution is 2.16. The molecule has 0 aromatic heterocycles. The van der Waals surface area contributed by atoms with Crippen molar-refractivity contribution in [3.8, 4) is 0 Å². The van der Waals surface area contributed by atoms with E-state index >= 15 is 0 Å². The first-order valence-electron chi connectivity index (χ1n) is 7.48. The maximum Gasteiger partial charge on any atom is 0.411 e.